The van der Waals surface area contributed by atoms with Crippen LogP contribution in [0.1, 0.15) is 42.0 Å². The summed E-state index contributed by atoms with van der Waals surface area (Å²) in [7, 11) is 0. The number of pyridine rings is 2. The van der Waals surface area contributed by atoms with Gasteiger partial charge < -0.3 is 25.3 Å². The number of anilines is 1. The number of ether oxygens (including phenoxy) is 1. The highest BCUT2D eigenvalue weighted by molar-refractivity contribution is 5.95. The van der Waals surface area contributed by atoms with Crippen molar-refractivity contribution >= 4 is 28.5 Å². The van der Waals surface area contributed by atoms with E-state index in [2.05, 4.69) is 0 Å². The Morgan fingerprint density at radius 3 is 2.81 bits per heavy atom. The number of benzene rings is 1. The van der Waals surface area contributed by atoms with Crippen LogP contribution in [0.25, 0.3) is 22.3 Å². The molecule has 2 aliphatic rings. The molecule has 32 heavy (non-hydrogen) atoms. The number of nitrogens with two attached hydrogens (primary N) is 1. The molecular weight excluding hydrogens is 414 g/mol. The van der Waals surface area contributed by atoms with Gasteiger partial charge in [-0.3, -0.25) is 9.59 Å². The van der Waals surface area contributed by atoms with Gasteiger partial charge in [0.1, 0.15) is 6.61 Å². The second-order valence-corrected chi connectivity index (χ2v) is 8.20. The molecule has 0 radical (unpaired) electrons. The van der Waals surface area contributed by atoms with E-state index in [0.717, 1.165) is 11.1 Å². The van der Waals surface area contributed by atoms with E-state index >= 15 is 0 Å². The molecule has 0 unspecified atom stereocenters. The Labute approximate surface area is 182 Å². The number of aliphatic carboxylic acids is 1. The summed E-state index contributed by atoms with van der Waals surface area (Å²) in [6.45, 7) is 1.75. The van der Waals surface area contributed by atoms with Gasteiger partial charge in [0, 0.05) is 28.6 Å². The lowest BCUT2D eigenvalue weighted by atomic mass is 9.86. The molecule has 4 N–H and O–H groups in total. The molecule has 0 saturated carbocycles. The summed E-state index contributed by atoms with van der Waals surface area (Å²) in [4.78, 5) is 41.1. The zero-order valence-corrected chi connectivity index (χ0v) is 17.3. The second kappa shape index (κ2) is 6.89. The quantitative estimate of drug-likeness (QED) is 0.324. The van der Waals surface area contributed by atoms with E-state index in [1.807, 2.05) is 6.07 Å². The van der Waals surface area contributed by atoms with Crippen molar-refractivity contribution in [1.29, 1.82) is 0 Å². The normalized spacial score (nSPS) is 18.8. The maximum atomic E-state index is 13.2. The summed E-state index contributed by atoms with van der Waals surface area (Å²) >= 11 is 0. The number of esters is 1. The van der Waals surface area contributed by atoms with E-state index in [1.165, 1.54) is 0 Å². The summed E-state index contributed by atoms with van der Waals surface area (Å²) < 4.78 is 6.65. The first kappa shape index (κ1) is 20.2. The highest BCUT2D eigenvalue weighted by Gasteiger charge is 2.45. The van der Waals surface area contributed by atoms with E-state index in [9.17, 15) is 19.5 Å². The van der Waals surface area contributed by atoms with Crippen LogP contribution >= 0.6 is 0 Å². The number of fused-ring (bicyclic) bond motifs is 5. The Hall–Kier alpha value is -3.72. The van der Waals surface area contributed by atoms with Crippen LogP contribution in [0.5, 0.6) is 0 Å². The average Bonchev–Trinajstić information content (AvgIpc) is 3.13. The third-order valence-electron chi connectivity index (χ3n) is 6.43. The van der Waals surface area contributed by atoms with Crippen LogP contribution in [-0.4, -0.2) is 31.7 Å². The van der Waals surface area contributed by atoms with Gasteiger partial charge in [-0.05, 0) is 36.6 Å². The lowest BCUT2D eigenvalue weighted by molar-refractivity contribution is -0.172. The van der Waals surface area contributed by atoms with E-state index in [0.29, 0.717) is 34.4 Å². The number of hydrogen-bond donors (Lipinski definition) is 3. The van der Waals surface area contributed by atoms with Gasteiger partial charge in [-0.2, -0.15) is 0 Å². The lowest BCUT2D eigenvalue weighted by Crippen LogP contribution is -2.44. The number of hydrogen-bond acceptors (Lipinski definition) is 7. The van der Waals surface area contributed by atoms with Crippen molar-refractivity contribution in [3.8, 4) is 11.4 Å². The molecule has 2 aromatic heterocycles. The molecule has 4 heterocycles. The molecule has 0 fully saturated rings. The number of nitrogens with zero attached hydrogens (tertiary/aromatic N) is 2. The SMILES string of the molecule is CC[C@@]1(O)C(=O)OCc2c1cc1n(c2=O)Cc2cc3c(N)c(CCC(=O)O)ccc3nc2-1. The van der Waals surface area contributed by atoms with E-state index in [4.69, 9.17) is 20.6 Å². The summed E-state index contributed by atoms with van der Waals surface area (Å²) in [5.41, 5.74) is 8.38. The van der Waals surface area contributed by atoms with E-state index in [-0.39, 0.29) is 42.7 Å². The fraction of sp³-hybridized carbons (Fsp3) is 0.304. The van der Waals surface area contributed by atoms with Gasteiger partial charge >= 0.3 is 11.9 Å². The highest BCUT2D eigenvalue weighted by atomic mass is 16.6. The zero-order chi connectivity index (χ0) is 22.8. The number of carbonyl (C=O) groups is 2. The molecule has 1 aromatic carbocycles. The first-order valence-corrected chi connectivity index (χ1v) is 10.3. The van der Waals surface area contributed by atoms with Gasteiger partial charge in [0.15, 0.2) is 5.60 Å². The van der Waals surface area contributed by atoms with E-state index < -0.39 is 17.5 Å². The first-order chi connectivity index (χ1) is 15.2. The minimum Gasteiger partial charge on any atom is -0.481 e. The number of aryl methyl sites for hydroxylation is 1. The van der Waals surface area contributed by atoms with Gasteiger partial charge in [-0.25, -0.2) is 9.78 Å². The number of aliphatic hydroxyl groups is 1. The monoisotopic (exact) mass is 435 g/mol. The molecule has 9 heteroatoms. The number of rotatable bonds is 4. The van der Waals surface area contributed by atoms with Crippen molar-refractivity contribution in [3.05, 3.63) is 56.9 Å². The topological polar surface area (TPSA) is 145 Å². The van der Waals surface area contributed by atoms with Crippen LogP contribution in [0, 0.1) is 0 Å². The zero-order valence-electron chi connectivity index (χ0n) is 17.3. The summed E-state index contributed by atoms with van der Waals surface area (Å²) in [6.07, 6.45) is 0.362. The number of nitrogen functional groups attached to an aromatic ring is 1. The number of aromatic nitrogens is 2. The van der Waals surface area contributed by atoms with Crippen LogP contribution in [0.3, 0.4) is 0 Å². The Kier molecular flexibility index (Phi) is 4.35. The minimum absolute atomic E-state index is 0.0262. The van der Waals surface area contributed by atoms with Gasteiger partial charge in [-0.15, -0.1) is 0 Å². The molecule has 164 valence electrons. The summed E-state index contributed by atoms with van der Waals surface area (Å²) in [5, 5.41) is 20.6. The number of carbonyl (C=O) groups excluding carboxylic acids is 1. The van der Waals surface area contributed by atoms with Crippen molar-refractivity contribution in [3.63, 3.8) is 0 Å². The minimum atomic E-state index is -1.87. The summed E-state index contributed by atoms with van der Waals surface area (Å²) in [6, 6.07) is 7.08. The van der Waals surface area contributed by atoms with Crippen molar-refractivity contribution < 1.29 is 24.5 Å². The Morgan fingerprint density at radius 1 is 1.31 bits per heavy atom. The number of carboxylic acids is 1. The van der Waals surface area contributed by atoms with Crippen molar-refractivity contribution in [2.45, 2.75) is 44.9 Å². The highest BCUT2D eigenvalue weighted by Crippen LogP contribution is 2.39. The van der Waals surface area contributed by atoms with Crippen molar-refractivity contribution in [2.75, 3.05) is 5.73 Å². The number of cyclic esters (lactones) is 1. The van der Waals surface area contributed by atoms with Gasteiger partial charge in [0.05, 0.1) is 29.0 Å². The van der Waals surface area contributed by atoms with Gasteiger partial charge in [0.2, 0.25) is 0 Å². The molecule has 9 nitrogen and oxygen atoms in total. The predicted molar refractivity (Wildman–Crippen MR) is 115 cm³/mol. The largest absolute Gasteiger partial charge is 0.481 e. The molecule has 0 aliphatic carbocycles. The van der Waals surface area contributed by atoms with Gasteiger partial charge in [0.25, 0.3) is 5.56 Å². The van der Waals surface area contributed by atoms with Crippen molar-refractivity contribution in [2.24, 2.45) is 0 Å². The Morgan fingerprint density at radius 2 is 2.09 bits per heavy atom. The van der Waals surface area contributed by atoms with Crippen LogP contribution in [0.15, 0.2) is 29.1 Å². The predicted octanol–water partition coefficient (Wildman–Crippen LogP) is 1.68. The summed E-state index contributed by atoms with van der Waals surface area (Å²) in [5.74, 6) is -1.66. The third-order valence-corrected chi connectivity index (χ3v) is 6.43. The molecule has 3 aromatic rings. The maximum absolute atomic E-state index is 13.2. The molecule has 1 atom stereocenters. The van der Waals surface area contributed by atoms with Gasteiger partial charge in [-0.1, -0.05) is 13.0 Å². The fourth-order valence-corrected chi connectivity index (χ4v) is 4.58. The maximum Gasteiger partial charge on any atom is 0.343 e. The molecule has 5 rings (SSSR count). The van der Waals surface area contributed by atoms with Crippen molar-refractivity contribution in [1.82, 2.24) is 9.55 Å². The smallest absolute Gasteiger partial charge is 0.343 e. The molecule has 0 spiro atoms. The third kappa shape index (κ3) is 2.74. The molecule has 2 aliphatic heterocycles. The lowest BCUT2D eigenvalue weighted by Gasteiger charge is -2.31. The standard InChI is InChI=1S/C23H21N3O6/c1-2-23(31)15-8-17-20-12(9-26(17)21(29)14(15)10-32-22(23)30)7-13-16(25-20)5-3-11(19(13)24)4-6-18(27)28/h3,5,7-8,31H,2,4,6,9-10,24H2,1H3,(H,27,28)/t23-/m0/s1. The Balaban J connectivity index is 1.67. The Bertz CT molecular complexity index is 1390. The fourth-order valence-electron chi connectivity index (χ4n) is 4.58. The molecule has 0 amide bonds. The average molecular weight is 435 g/mol. The second-order valence-electron chi connectivity index (χ2n) is 8.20. The van der Waals surface area contributed by atoms with Crippen LogP contribution in [-0.2, 0) is 39.5 Å². The first-order valence-electron chi connectivity index (χ1n) is 10.3. The number of carboxylic acid groups (broad SMARTS) is 1. The van der Waals surface area contributed by atoms with Crippen LogP contribution in [0.4, 0.5) is 5.69 Å². The molecule has 0 saturated heterocycles. The van der Waals surface area contributed by atoms with Crippen LogP contribution < -0.4 is 11.3 Å². The molecule has 0 bridgehead atoms. The van der Waals surface area contributed by atoms with E-state index in [1.54, 1.807) is 29.7 Å². The molecular formula is C23H21N3O6. The van der Waals surface area contributed by atoms with Crippen LogP contribution in [0.2, 0.25) is 0 Å².